The molecule has 0 saturated carbocycles. The number of carbonyl (C=O) groups is 1. The van der Waals surface area contributed by atoms with Crippen LogP contribution in [0, 0.1) is 18.6 Å². The fourth-order valence-electron chi connectivity index (χ4n) is 3.94. The molecule has 2 atom stereocenters. The van der Waals surface area contributed by atoms with Crippen molar-refractivity contribution in [2.75, 3.05) is 0 Å². The summed E-state index contributed by atoms with van der Waals surface area (Å²) in [5.74, 6) is -2.54. The lowest BCUT2D eigenvalue weighted by molar-refractivity contribution is -0.137. The normalized spacial score (nSPS) is 14.3. The highest BCUT2D eigenvalue weighted by atomic mass is 19.4. The summed E-state index contributed by atoms with van der Waals surface area (Å²) in [5.41, 5.74) is -2.47. The molecule has 0 aliphatic rings. The van der Waals surface area contributed by atoms with Crippen LogP contribution in [0.25, 0.3) is 5.69 Å². The maximum absolute atomic E-state index is 14.7. The van der Waals surface area contributed by atoms with E-state index in [1.165, 1.54) is 47.3 Å². The van der Waals surface area contributed by atoms with Crippen LogP contribution in [-0.4, -0.2) is 41.6 Å². The molecule has 2 N–H and O–H groups in total. The number of benzene rings is 2. The highest BCUT2D eigenvalue weighted by Gasteiger charge is 2.40. The molecule has 0 radical (unpaired) electrons. The molecule has 0 spiro atoms. The third-order valence-electron chi connectivity index (χ3n) is 6.02. The molecule has 0 aliphatic heterocycles. The van der Waals surface area contributed by atoms with Gasteiger partial charge in [-0.25, -0.2) is 23.1 Å². The molecule has 8 nitrogen and oxygen atoms in total. The minimum atomic E-state index is -4.49. The van der Waals surface area contributed by atoms with Crippen LogP contribution >= 0.6 is 0 Å². The fraction of sp³-hybridized carbons (Fsp3) is 0.250. The van der Waals surface area contributed by atoms with Gasteiger partial charge in [-0.05, 0) is 44.2 Å². The Kier molecular flexibility index (Phi) is 6.82. The number of nitrogens with one attached hydrogen (secondary N) is 1. The Morgan fingerprint density at radius 2 is 1.81 bits per heavy atom. The van der Waals surface area contributed by atoms with Crippen LogP contribution in [0.5, 0.6) is 0 Å². The van der Waals surface area contributed by atoms with E-state index in [4.69, 9.17) is 0 Å². The monoisotopic (exact) mass is 520 g/mol. The van der Waals surface area contributed by atoms with Gasteiger partial charge >= 0.3 is 6.18 Å². The number of halogens is 5. The van der Waals surface area contributed by atoms with Crippen molar-refractivity contribution in [3.05, 3.63) is 95.3 Å². The lowest BCUT2D eigenvalue weighted by atomic mass is 9.86. The zero-order chi connectivity index (χ0) is 27.0. The van der Waals surface area contributed by atoms with Crippen molar-refractivity contribution >= 4 is 5.91 Å². The van der Waals surface area contributed by atoms with Gasteiger partial charge in [-0.2, -0.15) is 23.4 Å². The minimum Gasteiger partial charge on any atom is -0.381 e. The number of aromatic nitrogens is 5. The van der Waals surface area contributed by atoms with Crippen molar-refractivity contribution < 1.29 is 31.9 Å². The van der Waals surface area contributed by atoms with Gasteiger partial charge in [-0.1, -0.05) is 6.07 Å². The standard InChI is InChI=1S/C24H21F5N6O2/c1-14-19(10-31-35(14)18-6-3-16(4-7-18)24(27,28)29)22(36)33-15(2)23(37,11-34-13-30-12-32-34)20-8-5-17(25)9-21(20)26/h3-10,12-13,15,37H,11H2,1-2H3,(H,33,36)/t15-,23-/m1/s1. The zero-order valence-electron chi connectivity index (χ0n) is 19.5. The van der Waals surface area contributed by atoms with Crippen LogP contribution in [0.15, 0.2) is 61.3 Å². The van der Waals surface area contributed by atoms with E-state index in [2.05, 4.69) is 20.5 Å². The maximum atomic E-state index is 14.7. The number of amides is 1. The summed E-state index contributed by atoms with van der Waals surface area (Å²) in [4.78, 5) is 16.9. The van der Waals surface area contributed by atoms with Gasteiger partial charge in [0.25, 0.3) is 5.91 Å². The predicted octanol–water partition coefficient (Wildman–Crippen LogP) is 3.78. The first-order valence-electron chi connectivity index (χ1n) is 10.9. The van der Waals surface area contributed by atoms with E-state index in [1.54, 1.807) is 6.92 Å². The van der Waals surface area contributed by atoms with E-state index in [-0.39, 0.29) is 17.7 Å². The van der Waals surface area contributed by atoms with Crippen molar-refractivity contribution in [1.29, 1.82) is 0 Å². The van der Waals surface area contributed by atoms with E-state index in [0.29, 0.717) is 17.4 Å². The van der Waals surface area contributed by atoms with Crippen molar-refractivity contribution in [1.82, 2.24) is 29.9 Å². The molecule has 37 heavy (non-hydrogen) atoms. The highest BCUT2D eigenvalue weighted by molar-refractivity contribution is 5.95. The van der Waals surface area contributed by atoms with Gasteiger partial charge in [0, 0.05) is 11.6 Å². The molecule has 2 heterocycles. The molecule has 1 amide bonds. The Morgan fingerprint density at radius 1 is 1.11 bits per heavy atom. The average Bonchev–Trinajstić information content (AvgIpc) is 3.47. The number of rotatable bonds is 7. The summed E-state index contributed by atoms with van der Waals surface area (Å²) in [6, 6.07) is 5.81. The molecule has 0 fully saturated rings. The van der Waals surface area contributed by atoms with E-state index < -0.39 is 40.9 Å². The SMILES string of the molecule is Cc1c(C(=O)N[C@H](C)[C@](O)(Cn2cncn2)c2ccc(F)cc2F)cnn1-c1ccc(C(F)(F)F)cc1. The lowest BCUT2D eigenvalue weighted by Crippen LogP contribution is -2.52. The Bertz CT molecular complexity index is 1400. The van der Waals surface area contributed by atoms with E-state index in [1.807, 2.05) is 0 Å². The summed E-state index contributed by atoms with van der Waals surface area (Å²) in [5, 5.41) is 22.2. The summed E-state index contributed by atoms with van der Waals surface area (Å²) in [6.45, 7) is 2.67. The van der Waals surface area contributed by atoms with Gasteiger partial charge in [-0.15, -0.1) is 0 Å². The van der Waals surface area contributed by atoms with Crippen LogP contribution in [0.2, 0.25) is 0 Å². The zero-order valence-corrected chi connectivity index (χ0v) is 19.5. The molecule has 194 valence electrons. The molecule has 4 aromatic rings. The molecular formula is C24H21F5N6O2. The summed E-state index contributed by atoms with van der Waals surface area (Å²) in [6.07, 6.45) is -0.765. The third kappa shape index (κ3) is 5.21. The second-order valence-electron chi connectivity index (χ2n) is 8.44. The Morgan fingerprint density at radius 3 is 2.41 bits per heavy atom. The first kappa shape index (κ1) is 25.9. The van der Waals surface area contributed by atoms with E-state index >= 15 is 0 Å². The molecule has 0 aliphatic carbocycles. The number of alkyl halides is 3. The van der Waals surface area contributed by atoms with E-state index in [9.17, 15) is 31.9 Å². The second kappa shape index (κ2) is 9.73. The van der Waals surface area contributed by atoms with Crippen molar-refractivity contribution in [3.63, 3.8) is 0 Å². The maximum Gasteiger partial charge on any atom is 0.416 e. The van der Waals surface area contributed by atoms with Crippen molar-refractivity contribution in [3.8, 4) is 5.69 Å². The van der Waals surface area contributed by atoms with E-state index in [0.717, 1.165) is 24.3 Å². The second-order valence-corrected chi connectivity index (χ2v) is 8.44. The predicted molar refractivity (Wildman–Crippen MR) is 121 cm³/mol. The topological polar surface area (TPSA) is 97.9 Å². The van der Waals surface area contributed by atoms with Crippen molar-refractivity contribution in [2.45, 2.75) is 38.2 Å². The Balaban J connectivity index is 1.61. The summed E-state index contributed by atoms with van der Waals surface area (Å²) >= 11 is 0. The fourth-order valence-corrected chi connectivity index (χ4v) is 3.94. The Hall–Kier alpha value is -4.13. The van der Waals surface area contributed by atoms with Crippen molar-refractivity contribution in [2.24, 2.45) is 0 Å². The van der Waals surface area contributed by atoms with Crippen LogP contribution in [0.4, 0.5) is 22.0 Å². The van der Waals surface area contributed by atoms with Crippen LogP contribution in [-0.2, 0) is 18.3 Å². The summed E-state index contributed by atoms with van der Waals surface area (Å²) in [7, 11) is 0. The molecule has 0 bridgehead atoms. The molecule has 4 rings (SSSR count). The van der Waals surface area contributed by atoms with Crippen LogP contribution < -0.4 is 5.32 Å². The van der Waals surface area contributed by atoms with Gasteiger partial charge in [0.15, 0.2) is 0 Å². The van der Waals surface area contributed by atoms with Gasteiger partial charge in [0.2, 0.25) is 0 Å². The van der Waals surface area contributed by atoms with Gasteiger partial charge < -0.3 is 10.4 Å². The molecular weight excluding hydrogens is 499 g/mol. The van der Waals surface area contributed by atoms with Crippen LogP contribution in [0.3, 0.4) is 0 Å². The molecule has 2 aromatic carbocycles. The first-order chi connectivity index (χ1) is 17.4. The Labute approximate surface area is 207 Å². The quantitative estimate of drug-likeness (QED) is 0.362. The molecule has 0 unspecified atom stereocenters. The van der Waals surface area contributed by atoms with Gasteiger partial charge in [0.1, 0.15) is 29.9 Å². The highest BCUT2D eigenvalue weighted by Crippen LogP contribution is 2.31. The molecule has 2 aromatic heterocycles. The molecule has 0 saturated heterocycles. The van der Waals surface area contributed by atoms with Gasteiger partial charge in [-0.3, -0.25) is 4.79 Å². The number of carbonyl (C=O) groups excluding carboxylic acids is 1. The number of aliphatic hydroxyl groups is 1. The number of hydrogen-bond donors (Lipinski definition) is 2. The number of hydrogen-bond acceptors (Lipinski definition) is 5. The average molecular weight is 520 g/mol. The smallest absolute Gasteiger partial charge is 0.381 e. The van der Waals surface area contributed by atoms with Gasteiger partial charge in [0.05, 0.1) is 41.3 Å². The number of nitrogens with zero attached hydrogens (tertiary/aromatic N) is 5. The first-order valence-corrected chi connectivity index (χ1v) is 10.9. The van der Waals surface area contributed by atoms with Crippen LogP contribution in [0.1, 0.15) is 34.1 Å². The lowest BCUT2D eigenvalue weighted by Gasteiger charge is -2.35. The molecule has 13 heteroatoms. The largest absolute Gasteiger partial charge is 0.416 e. The third-order valence-corrected chi connectivity index (χ3v) is 6.02. The summed E-state index contributed by atoms with van der Waals surface area (Å²) < 4.78 is 69.4. The minimum absolute atomic E-state index is 0.0782.